The largest absolute Gasteiger partial charge is 0.443 e. The van der Waals surface area contributed by atoms with Crippen molar-refractivity contribution in [2.45, 2.75) is 33.3 Å². The van der Waals surface area contributed by atoms with Gasteiger partial charge in [0.15, 0.2) is 0 Å². The number of hydrogen-bond donors (Lipinski definition) is 1. The summed E-state index contributed by atoms with van der Waals surface area (Å²) < 4.78 is 5.43. The molecule has 0 aromatic heterocycles. The maximum Gasteiger partial charge on any atom is 0.414 e. The van der Waals surface area contributed by atoms with Gasteiger partial charge in [-0.15, -0.1) is 0 Å². The van der Waals surface area contributed by atoms with Crippen LogP contribution in [-0.4, -0.2) is 24.8 Å². The third kappa shape index (κ3) is 3.13. The summed E-state index contributed by atoms with van der Waals surface area (Å²) in [6.45, 7) is 8.76. The number of anilines is 2. The minimum Gasteiger partial charge on any atom is -0.443 e. The van der Waals surface area contributed by atoms with Crippen LogP contribution in [0.2, 0.25) is 5.02 Å². The highest BCUT2D eigenvalue weighted by atomic mass is 35.5. The van der Waals surface area contributed by atoms with E-state index in [0.717, 1.165) is 16.9 Å². The van der Waals surface area contributed by atoms with Gasteiger partial charge in [0.2, 0.25) is 0 Å². The maximum absolute atomic E-state index is 12.2. The van der Waals surface area contributed by atoms with Gasteiger partial charge >= 0.3 is 6.09 Å². The van der Waals surface area contributed by atoms with Crippen molar-refractivity contribution in [1.82, 2.24) is 0 Å². The number of carbonyl (C=O) groups excluding carboxylic acids is 1. The summed E-state index contributed by atoms with van der Waals surface area (Å²) in [4.78, 5) is 13.9. The van der Waals surface area contributed by atoms with E-state index in [1.54, 1.807) is 4.90 Å². The van der Waals surface area contributed by atoms with E-state index < -0.39 is 5.60 Å². The van der Waals surface area contributed by atoms with Gasteiger partial charge in [-0.1, -0.05) is 11.6 Å². The Bertz CT molecular complexity index is 509. The topological polar surface area (TPSA) is 41.6 Å². The fourth-order valence-electron chi connectivity index (χ4n) is 2.03. The molecule has 19 heavy (non-hydrogen) atoms. The van der Waals surface area contributed by atoms with Gasteiger partial charge in [0.05, 0.1) is 16.4 Å². The summed E-state index contributed by atoms with van der Waals surface area (Å²) >= 11 is 6.21. The molecule has 1 aliphatic heterocycles. The molecule has 0 aliphatic carbocycles. The summed E-state index contributed by atoms with van der Waals surface area (Å²) in [5.74, 6) is 0. The monoisotopic (exact) mass is 282 g/mol. The zero-order valence-corrected chi connectivity index (χ0v) is 12.5. The lowest BCUT2D eigenvalue weighted by Gasteiger charge is -2.32. The van der Waals surface area contributed by atoms with Crippen LogP contribution in [-0.2, 0) is 4.74 Å². The van der Waals surface area contributed by atoms with Gasteiger partial charge in [0, 0.05) is 13.1 Å². The van der Waals surface area contributed by atoms with Crippen LogP contribution in [0.1, 0.15) is 26.3 Å². The first-order chi connectivity index (χ1) is 8.78. The summed E-state index contributed by atoms with van der Waals surface area (Å²) in [6.07, 6.45) is -0.336. The molecule has 0 radical (unpaired) electrons. The second kappa shape index (κ2) is 4.93. The number of nitrogens with zero attached hydrogens (tertiary/aromatic N) is 1. The molecule has 0 unspecified atom stereocenters. The first-order valence-corrected chi connectivity index (χ1v) is 6.70. The number of hydrogen-bond acceptors (Lipinski definition) is 3. The van der Waals surface area contributed by atoms with E-state index in [1.807, 2.05) is 39.8 Å². The van der Waals surface area contributed by atoms with E-state index in [2.05, 4.69) is 5.32 Å². The summed E-state index contributed by atoms with van der Waals surface area (Å²) in [5, 5.41) is 3.85. The average molecular weight is 283 g/mol. The fourth-order valence-corrected chi connectivity index (χ4v) is 2.37. The Hall–Kier alpha value is -1.42. The van der Waals surface area contributed by atoms with Crippen LogP contribution in [0.3, 0.4) is 0 Å². The second-order valence-corrected chi connectivity index (χ2v) is 6.11. The molecule has 1 N–H and O–H groups in total. The van der Waals surface area contributed by atoms with Crippen LogP contribution in [0, 0.1) is 6.92 Å². The van der Waals surface area contributed by atoms with Crippen molar-refractivity contribution in [3.8, 4) is 0 Å². The van der Waals surface area contributed by atoms with E-state index in [-0.39, 0.29) is 6.09 Å². The van der Waals surface area contributed by atoms with Crippen molar-refractivity contribution >= 4 is 29.1 Å². The van der Waals surface area contributed by atoms with Crippen molar-refractivity contribution in [2.24, 2.45) is 0 Å². The molecule has 1 aromatic rings. The van der Waals surface area contributed by atoms with Gasteiger partial charge in [0.1, 0.15) is 5.60 Å². The smallest absolute Gasteiger partial charge is 0.414 e. The van der Waals surface area contributed by atoms with Gasteiger partial charge in [0.25, 0.3) is 0 Å². The lowest BCUT2D eigenvalue weighted by Crippen LogP contribution is -2.42. The Morgan fingerprint density at radius 2 is 2.11 bits per heavy atom. The van der Waals surface area contributed by atoms with Crippen molar-refractivity contribution in [2.75, 3.05) is 23.3 Å². The number of halogens is 1. The van der Waals surface area contributed by atoms with Crippen molar-refractivity contribution in [3.63, 3.8) is 0 Å². The standard InChI is InChI=1S/C14H19ClN2O2/c1-9-7-10(15)12-11(8-9)17(6-5-16-12)13(18)19-14(2,3)4/h7-8,16H,5-6H2,1-4H3. The predicted molar refractivity (Wildman–Crippen MR) is 78.3 cm³/mol. The Morgan fingerprint density at radius 1 is 1.42 bits per heavy atom. The van der Waals surface area contributed by atoms with E-state index in [1.165, 1.54) is 0 Å². The number of nitrogens with one attached hydrogen (secondary N) is 1. The number of ether oxygens (including phenoxy) is 1. The summed E-state index contributed by atoms with van der Waals surface area (Å²) in [6, 6.07) is 3.82. The Balaban J connectivity index is 2.34. The average Bonchev–Trinajstić information content (AvgIpc) is 2.25. The summed E-state index contributed by atoms with van der Waals surface area (Å²) in [7, 11) is 0. The highest BCUT2D eigenvalue weighted by Crippen LogP contribution is 2.37. The molecule has 0 saturated carbocycles. The molecule has 0 saturated heterocycles. The number of amides is 1. The quantitative estimate of drug-likeness (QED) is 0.786. The first-order valence-electron chi connectivity index (χ1n) is 6.32. The molecular formula is C14H19ClN2O2. The van der Waals surface area contributed by atoms with Gasteiger partial charge in [-0.25, -0.2) is 4.79 Å². The molecular weight excluding hydrogens is 264 g/mol. The number of fused-ring (bicyclic) bond motifs is 1. The predicted octanol–water partition coefficient (Wildman–Crippen LogP) is 3.82. The molecule has 1 amide bonds. The molecule has 0 spiro atoms. The SMILES string of the molecule is Cc1cc(Cl)c2c(c1)N(C(=O)OC(C)(C)C)CCN2. The normalized spacial score (nSPS) is 14.7. The third-order valence-corrected chi connectivity index (χ3v) is 3.05. The zero-order valence-electron chi connectivity index (χ0n) is 11.7. The van der Waals surface area contributed by atoms with E-state index in [4.69, 9.17) is 16.3 Å². The minimum absolute atomic E-state index is 0.336. The van der Waals surface area contributed by atoms with Crippen LogP contribution < -0.4 is 10.2 Å². The Morgan fingerprint density at radius 3 is 2.74 bits per heavy atom. The van der Waals surface area contributed by atoms with Crippen molar-refractivity contribution in [3.05, 3.63) is 22.7 Å². The van der Waals surface area contributed by atoms with E-state index in [0.29, 0.717) is 18.1 Å². The first kappa shape index (κ1) is 14.0. The van der Waals surface area contributed by atoms with Gasteiger partial charge < -0.3 is 10.1 Å². The lowest BCUT2D eigenvalue weighted by molar-refractivity contribution is 0.0581. The molecule has 5 heteroatoms. The van der Waals surface area contributed by atoms with Crippen LogP contribution in [0.5, 0.6) is 0 Å². The van der Waals surface area contributed by atoms with Gasteiger partial charge in [-0.3, -0.25) is 4.90 Å². The van der Waals surface area contributed by atoms with Crippen molar-refractivity contribution in [1.29, 1.82) is 0 Å². The van der Waals surface area contributed by atoms with Crippen molar-refractivity contribution < 1.29 is 9.53 Å². The van der Waals surface area contributed by atoms with Crippen LogP contribution in [0.15, 0.2) is 12.1 Å². The third-order valence-electron chi connectivity index (χ3n) is 2.76. The molecule has 104 valence electrons. The summed E-state index contributed by atoms with van der Waals surface area (Å²) in [5.41, 5.74) is 2.09. The Labute approximate surface area is 118 Å². The van der Waals surface area contributed by atoms with Gasteiger partial charge in [-0.05, 0) is 45.4 Å². The number of benzene rings is 1. The molecule has 1 heterocycles. The van der Waals surface area contributed by atoms with Crippen LogP contribution >= 0.6 is 11.6 Å². The Kier molecular flexibility index (Phi) is 3.63. The second-order valence-electron chi connectivity index (χ2n) is 5.70. The molecule has 0 bridgehead atoms. The van der Waals surface area contributed by atoms with Crippen LogP contribution in [0.4, 0.5) is 16.2 Å². The molecule has 4 nitrogen and oxygen atoms in total. The zero-order chi connectivity index (χ0) is 14.2. The molecule has 0 atom stereocenters. The maximum atomic E-state index is 12.2. The highest BCUT2D eigenvalue weighted by Gasteiger charge is 2.28. The highest BCUT2D eigenvalue weighted by molar-refractivity contribution is 6.34. The molecule has 0 fully saturated rings. The lowest BCUT2D eigenvalue weighted by atomic mass is 10.1. The molecule has 1 aromatic carbocycles. The molecule has 1 aliphatic rings. The van der Waals surface area contributed by atoms with E-state index >= 15 is 0 Å². The number of rotatable bonds is 0. The van der Waals surface area contributed by atoms with Gasteiger partial charge in [-0.2, -0.15) is 0 Å². The van der Waals surface area contributed by atoms with Crippen LogP contribution in [0.25, 0.3) is 0 Å². The minimum atomic E-state index is -0.504. The van der Waals surface area contributed by atoms with E-state index in [9.17, 15) is 4.79 Å². The number of aryl methyl sites for hydroxylation is 1. The molecule has 2 rings (SSSR count). The fraction of sp³-hybridized carbons (Fsp3) is 0.500. The number of carbonyl (C=O) groups is 1.